The fraction of sp³-hybridized carbons (Fsp3) is 0.250. The molecule has 3 rings (SSSR count). The van der Waals surface area contributed by atoms with Crippen molar-refractivity contribution in [1.29, 1.82) is 0 Å². The van der Waals surface area contributed by atoms with E-state index < -0.39 is 0 Å². The molecule has 21 heavy (non-hydrogen) atoms. The predicted molar refractivity (Wildman–Crippen MR) is 85.7 cm³/mol. The zero-order valence-electron chi connectivity index (χ0n) is 12.1. The molecule has 108 valence electrons. The van der Waals surface area contributed by atoms with Gasteiger partial charge in [0.25, 0.3) is 5.56 Å². The number of aromatic nitrogens is 2. The Morgan fingerprint density at radius 1 is 1.29 bits per heavy atom. The lowest BCUT2D eigenvalue weighted by atomic mass is 10.2. The van der Waals surface area contributed by atoms with Gasteiger partial charge in [0.2, 0.25) is 0 Å². The minimum absolute atomic E-state index is 0.0312. The van der Waals surface area contributed by atoms with E-state index >= 15 is 0 Å². The highest BCUT2D eigenvalue weighted by atomic mass is 32.1. The van der Waals surface area contributed by atoms with Gasteiger partial charge >= 0.3 is 0 Å². The molecule has 4 nitrogen and oxygen atoms in total. The maximum absolute atomic E-state index is 12.1. The summed E-state index contributed by atoms with van der Waals surface area (Å²) in [7, 11) is 2.05. The van der Waals surface area contributed by atoms with Crippen molar-refractivity contribution >= 4 is 17.0 Å². The van der Waals surface area contributed by atoms with E-state index in [0.717, 1.165) is 12.2 Å². The zero-order valence-corrected chi connectivity index (χ0v) is 12.9. The maximum atomic E-state index is 12.1. The molecule has 0 saturated heterocycles. The Morgan fingerprint density at radius 3 is 2.90 bits per heavy atom. The molecule has 0 spiro atoms. The van der Waals surface area contributed by atoms with Crippen LogP contribution in [0.25, 0.3) is 5.65 Å². The van der Waals surface area contributed by atoms with Gasteiger partial charge in [-0.05, 0) is 43.1 Å². The summed E-state index contributed by atoms with van der Waals surface area (Å²) < 4.78 is 1.56. The quantitative estimate of drug-likeness (QED) is 0.743. The van der Waals surface area contributed by atoms with Crippen molar-refractivity contribution in [2.75, 3.05) is 7.05 Å². The highest BCUT2D eigenvalue weighted by Gasteiger charge is 2.08. The lowest BCUT2D eigenvalue weighted by Gasteiger charge is -2.16. The summed E-state index contributed by atoms with van der Waals surface area (Å²) in [6.45, 7) is 3.66. The molecular formula is C16H17N3OS. The standard InChI is InChI=1S/C16H17N3OS/c1-12-6-8-21-14(12)11-18(2)10-13-9-16(20)19-7-4-3-5-15(19)17-13/h3-9H,10-11H2,1-2H3. The van der Waals surface area contributed by atoms with Gasteiger partial charge in [0, 0.05) is 30.2 Å². The number of hydrogen-bond donors (Lipinski definition) is 0. The zero-order chi connectivity index (χ0) is 14.8. The summed E-state index contributed by atoms with van der Waals surface area (Å²) in [6, 6.07) is 9.33. The molecular weight excluding hydrogens is 282 g/mol. The van der Waals surface area contributed by atoms with Gasteiger partial charge in [-0.15, -0.1) is 11.3 Å². The third-order valence-corrected chi connectivity index (χ3v) is 4.45. The second kappa shape index (κ2) is 5.79. The van der Waals surface area contributed by atoms with Crippen LogP contribution in [0.4, 0.5) is 0 Å². The number of rotatable bonds is 4. The molecule has 0 aromatic carbocycles. The first-order valence-electron chi connectivity index (χ1n) is 6.82. The van der Waals surface area contributed by atoms with E-state index in [4.69, 9.17) is 0 Å². The fourth-order valence-electron chi connectivity index (χ4n) is 2.33. The first-order chi connectivity index (χ1) is 10.1. The second-order valence-electron chi connectivity index (χ2n) is 5.21. The molecule has 0 N–H and O–H groups in total. The number of nitrogens with zero attached hydrogens (tertiary/aromatic N) is 3. The minimum Gasteiger partial charge on any atom is -0.295 e. The van der Waals surface area contributed by atoms with E-state index in [-0.39, 0.29) is 5.56 Å². The first-order valence-corrected chi connectivity index (χ1v) is 7.70. The number of pyridine rings is 1. The Morgan fingerprint density at radius 2 is 2.14 bits per heavy atom. The number of fused-ring (bicyclic) bond motifs is 1. The molecule has 0 aliphatic heterocycles. The molecule has 0 aliphatic carbocycles. The van der Waals surface area contributed by atoms with E-state index in [9.17, 15) is 4.79 Å². The van der Waals surface area contributed by atoms with Gasteiger partial charge in [-0.25, -0.2) is 4.98 Å². The van der Waals surface area contributed by atoms with Crippen LogP contribution in [0, 0.1) is 6.92 Å². The van der Waals surface area contributed by atoms with Crippen LogP contribution in [-0.4, -0.2) is 21.3 Å². The van der Waals surface area contributed by atoms with Crippen LogP contribution >= 0.6 is 11.3 Å². The topological polar surface area (TPSA) is 37.6 Å². The molecule has 0 saturated carbocycles. The van der Waals surface area contributed by atoms with E-state index in [0.29, 0.717) is 12.2 Å². The molecule has 0 bridgehead atoms. The van der Waals surface area contributed by atoms with Crippen molar-refractivity contribution in [1.82, 2.24) is 14.3 Å². The fourth-order valence-corrected chi connectivity index (χ4v) is 3.31. The van der Waals surface area contributed by atoms with E-state index in [2.05, 4.69) is 28.3 Å². The van der Waals surface area contributed by atoms with Gasteiger partial charge < -0.3 is 0 Å². The molecule has 0 amide bonds. The molecule has 0 atom stereocenters. The van der Waals surface area contributed by atoms with Crippen LogP contribution in [-0.2, 0) is 13.1 Å². The van der Waals surface area contributed by atoms with Crippen molar-refractivity contribution in [3.8, 4) is 0 Å². The molecule has 5 heteroatoms. The number of aryl methyl sites for hydroxylation is 1. The van der Waals surface area contributed by atoms with Crippen LogP contribution in [0.2, 0.25) is 0 Å². The summed E-state index contributed by atoms with van der Waals surface area (Å²) >= 11 is 1.77. The molecule has 0 unspecified atom stereocenters. The predicted octanol–water partition coefficient (Wildman–Crippen LogP) is 2.70. The maximum Gasteiger partial charge on any atom is 0.258 e. The Bertz CT molecular complexity index is 822. The largest absolute Gasteiger partial charge is 0.295 e. The SMILES string of the molecule is Cc1ccsc1CN(C)Cc1cc(=O)n2ccccc2n1. The second-order valence-corrected chi connectivity index (χ2v) is 6.21. The first kappa shape index (κ1) is 14.0. The molecule has 3 aromatic rings. The van der Waals surface area contributed by atoms with Crippen molar-refractivity contribution < 1.29 is 0 Å². The van der Waals surface area contributed by atoms with E-state index in [1.165, 1.54) is 10.4 Å². The molecule has 3 heterocycles. The average Bonchev–Trinajstić information content (AvgIpc) is 2.84. The molecule has 0 radical (unpaired) electrons. The summed E-state index contributed by atoms with van der Waals surface area (Å²) in [5.74, 6) is 0. The lowest BCUT2D eigenvalue weighted by molar-refractivity contribution is 0.317. The van der Waals surface area contributed by atoms with E-state index in [1.807, 2.05) is 25.2 Å². The van der Waals surface area contributed by atoms with Crippen LogP contribution in [0.3, 0.4) is 0 Å². The molecule has 0 aliphatic rings. The minimum atomic E-state index is -0.0312. The summed E-state index contributed by atoms with van der Waals surface area (Å²) in [5, 5.41) is 2.11. The smallest absolute Gasteiger partial charge is 0.258 e. The highest BCUT2D eigenvalue weighted by molar-refractivity contribution is 7.10. The highest BCUT2D eigenvalue weighted by Crippen LogP contribution is 2.17. The summed E-state index contributed by atoms with van der Waals surface area (Å²) in [6.07, 6.45) is 1.74. The Hall–Kier alpha value is -1.98. The summed E-state index contributed by atoms with van der Waals surface area (Å²) in [4.78, 5) is 20.1. The van der Waals surface area contributed by atoms with E-state index in [1.54, 1.807) is 28.0 Å². The Balaban J connectivity index is 1.81. The number of thiophene rings is 1. The van der Waals surface area contributed by atoms with Crippen molar-refractivity contribution in [3.05, 3.63) is 68.4 Å². The third-order valence-electron chi connectivity index (χ3n) is 3.44. The molecule has 3 aromatic heterocycles. The average molecular weight is 299 g/mol. The third kappa shape index (κ3) is 3.04. The van der Waals surface area contributed by atoms with Crippen LogP contribution in [0.5, 0.6) is 0 Å². The van der Waals surface area contributed by atoms with Crippen molar-refractivity contribution in [2.24, 2.45) is 0 Å². The van der Waals surface area contributed by atoms with Gasteiger partial charge in [-0.3, -0.25) is 14.1 Å². The van der Waals surface area contributed by atoms with Gasteiger partial charge in [-0.1, -0.05) is 6.07 Å². The van der Waals surface area contributed by atoms with Gasteiger partial charge in [0.1, 0.15) is 5.65 Å². The Labute approximate surface area is 127 Å². The lowest BCUT2D eigenvalue weighted by Crippen LogP contribution is -2.21. The van der Waals surface area contributed by atoms with Crippen LogP contribution in [0.1, 0.15) is 16.1 Å². The van der Waals surface area contributed by atoms with Gasteiger partial charge in [-0.2, -0.15) is 0 Å². The van der Waals surface area contributed by atoms with Crippen LogP contribution < -0.4 is 5.56 Å². The molecule has 0 fully saturated rings. The number of hydrogen-bond acceptors (Lipinski definition) is 4. The monoisotopic (exact) mass is 299 g/mol. The van der Waals surface area contributed by atoms with Crippen molar-refractivity contribution in [2.45, 2.75) is 20.0 Å². The normalized spacial score (nSPS) is 11.4. The van der Waals surface area contributed by atoms with Crippen LogP contribution in [0.15, 0.2) is 46.7 Å². The van der Waals surface area contributed by atoms with Gasteiger partial charge in [0.05, 0.1) is 5.69 Å². The van der Waals surface area contributed by atoms with Crippen molar-refractivity contribution in [3.63, 3.8) is 0 Å². The summed E-state index contributed by atoms with van der Waals surface area (Å²) in [5.41, 5.74) is 2.79. The Kier molecular flexibility index (Phi) is 3.86. The van der Waals surface area contributed by atoms with Gasteiger partial charge in [0.15, 0.2) is 0 Å².